The van der Waals surface area contributed by atoms with Gasteiger partial charge in [0, 0.05) is 0 Å². The van der Waals surface area contributed by atoms with Crippen LogP contribution >= 0.6 is 8.07 Å². The van der Waals surface area contributed by atoms with Crippen molar-refractivity contribution < 1.29 is 0 Å². The molecule has 0 spiro atoms. The van der Waals surface area contributed by atoms with Gasteiger partial charge >= 0.3 is 0 Å². The van der Waals surface area contributed by atoms with E-state index in [0.717, 1.165) is 0 Å². The molecule has 0 aliphatic heterocycles. The van der Waals surface area contributed by atoms with Crippen LogP contribution in [-0.4, -0.2) is 11.3 Å². The number of hydrogen-bond donors (Lipinski definition) is 0. The second-order valence-corrected chi connectivity index (χ2v) is 8.44. The van der Waals surface area contributed by atoms with Crippen molar-refractivity contribution in [1.82, 2.24) is 0 Å². The van der Waals surface area contributed by atoms with E-state index in [1.807, 2.05) is 0 Å². The molecule has 0 radical (unpaired) electrons. The number of hydrogen-bond acceptors (Lipinski definition) is 0. The lowest BCUT2D eigenvalue weighted by atomic mass is 10.1. The Hall–Kier alpha value is -0.550. The molecule has 0 bridgehead atoms. The fourth-order valence-corrected chi connectivity index (χ4v) is 4.47. The summed E-state index contributed by atoms with van der Waals surface area (Å²) < 4.78 is 0. The average Bonchev–Trinajstić information content (AvgIpc) is 2.14. The molecule has 17 heavy (non-hydrogen) atoms. The minimum Gasteiger partial charge on any atom is -0.659 e. The fourth-order valence-electron chi connectivity index (χ4n) is 2.27. The lowest BCUT2D eigenvalue weighted by Crippen LogP contribution is -2.02. The van der Waals surface area contributed by atoms with E-state index in [1.165, 1.54) is 22.4 Å². The van der Waals surface area contributed by atoms with Crippen LogP contribution in [0.2, 0.25) is 0 Å². The molecule has 0 N–H and O–H groups in total. The molecule has 0 amide bonds. The molecule has 1 rings (SSSR count). The van der Waals surface area contributed by atoms with Crippen molar-refractivity contribution in [3.8, 4) is 0 Å². The molecule has 1 nitrogen and oxygen atoms in total. The van der Waals surface area contributed by atoms with Gasteiger partial charge in [-0.15, -0.1) is 5.69 Å². The molecule has 0 heterocycles. The van der Waals surface area contributed by atoms with Gasteiger partial charge in [0.05, 0.1) is 0 Å². The third-order valence-corrected chi connectivity index (χ3v) is 5.46. The highest BCUT2D eigenvalue weighted by molar-refractivity contribution is 7.62. The van der Waals surface area contributed by atoms with Crippen LogP contribution in [0.3, 0.4) is 0 Å². The number of benzene rings is 1. The Labute approximate surface area is 108 Å². The largest absolute Gasteiger partial charge is 0.659 e. The number of rotatable bonds is 4. The summed E-state index contributed by atoms with van der Waals surface area (Å²) in [5.41, 5.74) is 6.50. The van der Waals surface area contributed by atoms with Gasteiger partial charge in [-0.25, -0.2) is 0 Å². The van der Waals surface area contributed by atoms with Gasteiger partial charge in [-0.3, -0.25) is 0 Å². The van der Waals surface area contributed by atoms with Crippen LogP contribution in [0.1, 0.15) is 44.4 Å². The minimum atomic E-state index is -0.272. The lowest BCUT2D eigenvalue weighted by Gasteiger charge is -2.43. The highest BCUT2D eigenvalue weighted by Crippen LogP contribution is 2.57. The maximum Gasteiger partial charge on any atom is -0.0398 e. The Kier molecular flexibility index (Phi) is 5.01. The summed E-state index contributed by atoms with van der Waals surface area (Å²) in [6.45, 7) is 15.6. The first-order chi connectivity index (χ1) is 7.82. The molecule has 0 aliphatic rings. The molecule has 0 fully saturated rings. The summed E-state index contributed by atoms with van der Waals surface area (Å²) in [7, 11) is -0.272. The predicted octanol–water partition coefficient (Wildman–Crippen LogP) is 5.83. The van der Waals surface area contributed by atoms with E-state index >= 15 is 0 Å². The molecule has 0 saturated carbocycles. The van der Waals surface area contributed by atoms with E-state index in [0.29, 0.717) is 11.3 Å². The maximum atomic E-state index is 5.06. The van der Waals surface area contributed by atoms with Crippen molar-refractivity contribution >= 4 is 13.8 Å². The Balaban J connectivity index is 3.01. The fraction of sp³-hybridized carbons (Fsp3) is 0.600. The zero-order chi connectivity index (χ0) is 13.2. The zero-order valence-electron chi connectivity index (χ0n) is 12.2. The Morgan fingerprint density at radius 2 is 1.29 bits per heavy atom. The molecule has 0 atom stereocenters. The Bertz CT molecular complexity index is 352. The third-order valence-electron chi connectivity index (χ3n) is 2.91. The summed E-state index contributed by atoms with van der Waals surface area (Å²) in [5.74, 6) is 0. The third kappa shape index (κ3) is 3.71. The van der Waals surface area contributed by atoms with Crippen LogP contribution in [0.25, 0.3) is 5.09 Å². The van der Waals surface area contributed by atoms with Crippen molar-refractivity contribution in [3.05, 3.63) is 33.9 Å². The van der Waals surface area contributed by atoms with Gasteiger partial charge < -0.3 is 5.09 Å². The van der Waals surface area contributed by atoms with E-state index < -0.39 is 0 Å². The highest BCUT2D eigenvalue weighted by Gasteiger charge is 2.08. The molecule has 1 aromatic carbocycles. The van der Waals surface area contributed by atoms with Crippen LogP contribution in [0, 0.1) is 20.8 Å². The lowest BCUT2D eigenvalue weighted by molar-refractivity contribution is 1.02. The molecule has 0 aromatic heterocycles. The standard InChI is InChI=1S/C15H25NP/c1-10(2)17(11(3)4)16-15-13(6)8-12(5)9-14(15)7/h8-11H,1-7H3/q-1. The summed E-state index contributed by atoms with van der Waals surface area (Å²) >= 11 is 0. The van der Waals surface area contributed by atoms with Gasteiger partial charge in [-0.2, -0.15) is 8.07 Å². The molecule has 96 valence electrons. The molecular formula is C15H25NP-. The van der Waals surface area contributed by atoms with Crippen LogP contribution in [0.5, 0.6) is 0 Å². The highest BCUT2D eigenvalue weighted by atomic mass is 31.1. The number of aryl methyl sites for hydroxylation is 3. The zero-order valence-corrected chi connectivity index (χ0v) is 13.1. The molecule has 0 unspecified atom stereocenters. The van der Waals surface area contributed by atoms with Crippen LogP contribution in [-0.2, 0) is 0 Å². The van der Waals surface area contributed by atoms with E-state index in [4.69, 9.17) is 5.09 Å². The van der Waals surface area contributed by atoms with Gasteiger partial charge in [-0.1, -0.05) is 56.5 Å². The normalized spacial score (nSPS) is 11.6. The minimum absolute atomic E-state index is 0.272. The first-order valence-electron chi connectivity index (χ1n) is 6.40. The van der Waals surface area contributed by atoms with E-state index in [2.05, 4.69) is 60.6 Å². The van der Waals surface area contributed by atoms with Crippen molar-refractivity contribution in [3.63, 3.8) is 0 Å². The average molecular weight is 250 g/mol. The topological polar surface area (TPSA) is 14.1 Å². The van der Waals surface area contributed by atoms with Gasteiger partial charge in [-0.05, 0) is 32.1 Å². The van der Waals surface area contributed by atoms with E-state index in [9.17, 15) is 0 Å². The van der Waals surface area contributed by atoms with Crippen LogP contribution in [0.15, 0.2) is 12.1 Å². The van der Waals surface area contributed by atoms with Crippen LogP contribution in [0.4, 0.5) is 5.69 Å². The monoisotopic (exact) mass is 250 g/mol. The second kappa shape index (κ2) is 5.87. The Morgan fingerprint density at radius 1 is 0.882 bits per heavy atom. The van der Waals surface area contributed by atoms with Crippen molar-refractivity contribution in [2.45, 2.75) is 59.8 Å². The van der Waals surface area contributed by atoms with E-state index in [1.54, 1.807) is 0 Å². The molecule has 1 aromatic rings. The van der Waals surface area contributed by atoms with Gasteiger partial charge in [0.15, 0.2) is 0 Å². The second-order valence-electron chi connectivity index (χ2n) is 5.41. The SMILES string of the molecule is Cc1cc(C)c([N-]P(C(C)C)C(C)C)c(C)c1. The molecule has 0 saturated heterocycles. The molecule has 0 aliphatic carbocycles. The first kappa shape index (κ1) is 14.5. The molecule has 2 heteroatoms. The summed E-state index contributed by atoms with van der Waals surface area (Å²) in [6, 6.07) is 4.47. The van der Waals surface area contributed by atoms with E-state index in [-0.39, 0.29) is 8.07 Å². The van der Waals surface area contributed by atoms with Crippen molar-refractivity contribution in [2.75, 3.05) is 0 Å². The molecular weight excluding hydrogens is 225 g/mol. The van der Waals surface area contributed by atoms with Gasteiger partial charge in [0.1, 0.15) is 0 Å². The van der Waals surface area contributed by atoms with Crippen molar-refractivity contribution in [1.29, 1.82) is 0 Å². The predicted molar refractivity (Wildman–Crippen MR) is 80.9 cm³/mol. The van der Waals surface area contributed by atoms with Gasteiger partial charge in [0.25, 0.3) is 0 Å². The summed E-state index contributed by atoms with van der Waals surface area (Å²) in [5, 5.41) is 5.06. The van der Waals surface area contributed by atoms with Crippen molar-refractivity contribution in [2.24, 2.45) is 0 Å². The Morgan fingerprint density at radius 3 is 1.65 bits per heavy atom. The van der Waals surface area contributed by atoms with Gasteiger partial charge in [0.2, 0.25) is 0 Å². The maximum absolute atomic E-state index is 5.06. The summed E-state index contributed by atoms with van der Waals surface area (Å²) in [6.07, 6.45) is 0. The van der Waals surface area contributed by atoms with Crippen LogP contribution < -0.4 is 0 Å². The first-order valence-corrected chi connectivity index (χ1v) is 7.84. The summed E-state index contributed by atoms with van der Waals surface area (Å²) in [4.78, 5) is 0. The smallest absolute Gasteiger partial charge is 0.0398 e. The number of nitrogens with zero attached hydrogens (tertiary/aromatic N) is 1. The quantitative estimate of drug-likeness (QED) is 0.597.